The number of nitrogens with two attached hydrogens (primary N) is 1. The number of nitrogens with zero attached hydrogens (tertiary/aromatic N) is 4. The standard InChI is InChI=1S/C23H37N5O/c24-15-19-5-13-27(14-6-19)23(29)21-4-2-10-28(18-21)22-7-11-26(12-8-22)17-20-3-1-9-25-16-20/h1,3,9,16,19,21-22H,2,4-8,10-15,17-18,24H2/t21-/m0/s1. The van der Waals surface area contributed by atoms with E-state index in [4.69, 9.17) is 5.73 Å². The molecule has 6 heteroatoms. The van der Waals surface area contributed by atoms with Gasteiger partial charge in [0.15, 0.2) is 0 Å². The average Bonchev–Trinajstić information content (AvgIpc) is 2.80. The Bertz CT molecular complexity index is 638. The summed E-state index contributed by atoms with van der Waals surface area (Å²) < 4.78 is 0. The van der Waals surface area contributed by atoms with Gasteiger partial charge in [-0.25, -0.2) is 0 Å². The Morgan fingerprint density at radius 2 is 1.86 bits per heavy atom. The highest BCUT2D eigenvalue weighted by molar-refractivity contribution is 5.79. The van der Waals surface area contributed by atoms with Crippen molar-refractivity contribution in [3.63, 3.8) is 0 Å². The summed E-state index contributed by atoms with van der Waals surface area (Å²) in [5.41, 5.74) is 7.10. The van der Waals surface area contributed by atoms with Crippen LogP contribution < -0.4 is 5.73 Å². The molecule has 3 aliphatic heterocycles. The van der Waals surface area contributed by atoms with Gasteiger partial charge < -0.3 is 10.6 Å². The van der Waals surface area contributed by atoms with Gasteiger partial charge in [-0.05, 0) is 82.3 Å². The van der Waals surface area contributed by atoms with Crippen LogP contribution in [0.1, 0.15) is 44.1 Å². The number of likely N-dealkylation sites (tertiary alicyclic amines) is 3. The first kappa shape index (κ1) is 20.8. The van der Waals surface area contributed by atoms with Crippen molar-refractivity contribution in [2.45, 2.75) is 51.1 Å². The van der Waals surface area contributed by atoms with Crippen LogP contribution in [0, 0.1) is 11.8 Å². The molecule has 2 N–H and O–H groups in total. The van der Waals surface area contributed by atoms with Crippen LogP contribution in [-0.4, -0.2) is 77.4 Å². The second kappa shape index (κ2) is 10.0. The topological polar surface area (TPSA) is 65.7 Å². The third-order valence-corrected chi connectivity index (χ3v) is 7.26. The Labute approximate surface area is 175 Å². The van der Waals surface area contributed by atoms with Gasteiger partial charge in [0.25, 0.3) is 0 Å². The molecule has 1 atom stereocenters. The van der Waals surface area contributed by atoms with Crippen molar-refractivity contribution in [3.05, 3.63) is 30.1 Å². The first-order valence-electron chi connectivity index (χ1n) is 11.6. The maximum atomic E-state index is 13.1. The van der Waals surface area contributed by atoms with Crippen LogP contribution in [0.4, 0.5) is 0 Å². The molecule has 3 fully saturated rings. The fourth-order valence-electron chi connectivity index (χ4n) is 5.38. The Hall–Kier alpha value is -1.50. The molecule has 3 aliphatic rings. The summed E-state index contributed by atoms with van der Waals surface area (Å²) in [5.74, 6) is 1.21. The number of piperidine rings is 3. The SMILES string of the molecule is NCC1CCN(C(=O)[C@H]2CCCN(C3CCN(Cc4cccnc4)CC3)C2)CC1. The Kier molecular flexibility index (Phi) is 7.16. The van der Waals surface area contributed by atoms with Crippen molar-refractivity contribution in [2.24, 2.45) is 17.6 Å². The van der Waals surface area contributed by atoms with E-state index in [0.717, 1.165) is 78.0 Å². The molecule has 6 nitrogen and oxygen atoms in total. The molecule has 1 amide bonds. The predicted octanol–water partition coefficient (Wildman–Crippen LogP) is 1.96. The zero-order valence-electron chi connectivity index (χ0n) is 17.7. The van der Waals surface area contributed by atoms with Crippen molar-refractivity contribution < 1.29 is 4.79 Å². The average molecular weight is 400 g/mol. The van der Waals surface area contributed by atoms with Crippen LogP contribution in [0.3, 0.4) is 0 Å². The Balaban J connectivity index is 1.24. The van der Waals surface area contributed by atoms with Crippen LogP contribution in [-0.2, 0) is 11.3 Å². The minimum absolute atomic E-state index is 0.201. The highest BCUT2D eigenvalue weighted by Crippen LogP contribution is 2.27. The van der Waals surface area contributed by atoms with Gasteiger partial charge in [0, 0.05) is 44.6 Å². The maximum absolute atomic E-state index is 13.1. The monoisotopic (exact) mass is 399 g/mol. The molecule has 29 heavy (non-hydrogen) atoms. The first-order chi connectivity index (χ1) is 14.2. The molecule has 1 aromatic rings. The first-order valence-corrected chi connectivity index (χ1v) is 11.6. The fraction of sp³-hybridized carbons (Fsp3) is 0.739. The Morgan fingerprint density at radius 3 is 2.55 bits per heavy atom. The van der Waals surface area contributed by atoms with Crippen LogP contribution >= 0.6 is 0 Å². The smallest absolute Gasteiger partial charge is 0.226 e. The van der Waals surface area contributed by atoms with Crippen molar-refractivity contribution in [3.8, 4) is 0 Å². The largest absolute Gasteiger partial charge is 0.342 e. The molecular formula is C23H37N5O. The van der Waals surface area contributed by atoms with Gasteiger partial charge in [-0.15, -0.1) is 0 Å². The van der Waals surface area contributed by atoms with E-state index in [1.54, 1.807) is 0 Å². The van der Waals surface area contributed by atoms with Crippen molar-refractivity contribution in [2.75, 3.05) is 45.8 Å². The molecule has 4 heterocycles. The zero-order chi connectivity index (χ0) is 20.1. The lowest BCUT2D eigenvalue weighted by atomic mass is 9.91. The Morgan fingerprint density at radius 1 is 1.07 bits per heavy atom. The summed E-state index contributed by atoms with van der Waals surface area (Å²) in [6.45, 7) is 7.98. The molecule has 0 saturated carbocycles. The summed E-state index contributed by atoms with van der Waals surface area (Å²) >= 11 is 0. The van der Waals surface area contributed by atoms with Crippen molar-refractivity contribution in [1.29, 1.82) is 0 Å². The third-order valence-electron chi connectivity index (χ3n) is 7.26. The minimum Gasteiger partial charge on any atom is -0.342 e. The molecule has 0 aromatic carbocycles. The fourth-order valence-corrected chi connectivity index (χ4v) is 5.38. The number of amides is 1. The molecule has 0 aliphatic carbocycles. The van der Waals surface area contributed by atoms with Gasteiger partial charge in [-0.2, -0.15) is 0 Å². The molecule has 3 saturated heterocycles. The van der Waals surface area contributed by atoms with E-state index in [0.29, 0.717) is 17.9 Å². The van der Waals surface area contributed by atoms with E-state index < -0.39 is 0 Å². The summed E-state index contributed by atoms with van der Waals surface area (Å²) in [7, 11) is 0. The number of hydrogen-bond donors (Lipinski definition) is 1. The van der Waals surface area contributed by atoms with E-state index in [2.05, 4.69) is 25.8 Å². The third kappa shape index (κ3) is 5.36. The van der Waals surface area contributed by atoms with Gasteiger partial charge in [0.1, 0.15) is 0 Å². The lowest BCUT2D eigenvalue weighted by Crippen LogP contribution is -2.52. The van der Waals surface area contributed by atoms with Crippen LogP contribution in [0.25, 0.3) is 0 Å². The number of aromatic nitrogens is 1. The summed E-state index contributed by atoms with van der Waals surface area (Å²) in [6.07, 6.45) is 10.6. The number of hydrogen-bond acceptors (Lipinski definition) is 5. The molecule has 1 aromatic heterocycles. The highest BCUT2D eigenvalue weighted by atomic mass is 16.2. The molecule has 160 valence electrons. The quantitative estimate of drug-likeness (QED) is 0.820. The number of carbonyl (C=O) groups is 1. The lowest BCUT2D eigenvalue weighted by Gasteiger charge is -2.43. The maximum Gasteiger partial charge on any atom is 0.226 e. The minimum atomic E-state index is 0.201. The molecule has 0 bridgehead atoms. The van der Waals surface area contributed by atoms with E-state index in [9.17, 15) is 4.79 Å². The summed E-state index contributed by atoms with van der Waals surface area (Å²) in [4.78, 5) is 24.6. The number of carbonyl (C=O) groups excluding carboxylic acids is 1. The van der Waals surface area contributed by atoms with E-state index >= 15 is 0 Å². The van der Waals surface area contributed by atoms with Gasteiger partial charge >= 0.3 is 0 Å². The van der Waals surface area contributed by atoms with E-state index in [1.165, 1.54) is 18.4 Å². The van der Waals surface area contributed by atoms with Crippen LogP contribution in [0.5, 0.6) is 0 Å². The normalized spacial score (nSPS) is 26.0. The van der Waals surface area contributed by atoms with E-state index in [-0.39, 0.29) is 5.92 Å². The summed E-state index contributed by atoms with van der Waals surface area (Å²) in [5, 5.41) is 0. The number of rotatable bonds is 5. The second-order valence-electron chi connectivity index (χ2n) is 9.21. The van der Waals surface area contributed by atoms with Crippen LogP contribution in [0.2, 0.25) is 0 Å². The summed E-state index contributed by atoms with van der Waals surface area (Å²) in [6, 6.07) is 4.82. The molecule has 0 spiro atoms. The van der Waals surface area contributed by atoms with Gasteiger partial charge in [0.05, 0.1) is 5.92 Å². The van der Waals surface area contributed by atoms with Crippen molar-refractivity contribution >= 4 is 5.91 Å². The van der Waals surface area contributed by atoms with E-state index in [1.807, 2.05) is 18.5 Å². The lowest BCUT2D eigenvalue weighted by molar-refractivity contribution is -0.139. The number of pyridine rings is 1. The molecular weight excluding hydrogens is 362 g/mol. The van der Waals surface area contributed by atoms with Gasteiger partial charge in [-0.1, -0.05) is 6.07 Å². The van der Waals surface area contributed by atoms with Crippen molar-refractivity contribution in [1.82, 2.24) is 19.7 Å². The molecule has 0 radical (unpaired) electrons. The van der Waals surface area contributed by atoms with Gasteiger partial charge in [-0.3, -0.25) is 19.6 Å². The molecule has 0 unspecified atom stereocenters. The predicted molar refractivity (Wildman–Crippen MR) is 115 cm³/mol. The molecule has 4 rings (SSSR count). The second-order valence-corrected chi connectivity index (χ2v) is 9.21. The zero-order valence-corrected chi connectivity index (χ0v) is 17.7. The van der Waals surface area contributed by atoms with Crippen LogP contribution in [0.15, 0.2) is 24.5 Å². The van der Waals surface area contributed by atoms with Gasteiger partial charge in [0.2, 0.25) is 5.91 Å². The highest BCUT2D eigenvalue weighted by Gasteiger charge is 2.34.